The molecule has 0 fully saturated rings. The molecule has 12 heavy (non-hydrogen) atoms. The van der Waals surface area contributed by atoms with E-state index in [1.165, 1.54) is 12.1 Å². The maximum Gasteiger partial charge on any atom is 0.157 e. The summed E-state index contributed by atoms with van der Waals surface area (Å²) in [4.78, 5) is 9.91. The van der Waals surface area contributed by atoms with Crippen LogP contribution in [-0.4, -0.2) is 12.9 Å². The molecule has 0 unspecified atom stereocenters. The molecule has 0 amide bonds. The Morgan fingerprint density at radius 2 is 2.33 bits per heavy atom. The van der Waals surface area contributed by atoms with Crippen LogP contribution in [-0.2, 0) is 4.79 Å². The van der Waals surface area contributed by atoms with Gasteiger partial charge in [-0.3, -0.25) is 4.79 Å². The average molecular weight is 189 g/mol. The van der Waals surface area contributed by atoms with Crippen molar-refractivity contribution in [2.45, 2.75) is 0 Å². The van der Waals surface area contributed by atoms with Gasteiger partial charge in [0.05, 0.1) is 5.02 Å². The number of hydrogen-bond donors (Lipinski definition) is 0. The minimum atomic E-state index is -0.432. The van der Waals surface area contributed by atoms with E-state index in [1.54, 1.807) is 0 Å². The van der Waals surface area contributed by atoms with Crippen molar-refractivity contribution in [3.8, 4) is 5.75 Å². The van der Waals surface area contributed by atoms with Crippen LogP contribution in [0.25, 0.3) is 0 Å². The molecular formula is C8H6ClFO2. The van der Waals surface area contributed by atoms with Crippen molar-refractivity contribution in [3.05, 3.63) is 29.0 Å². The third-order valence-electron chi connectivity index (χ3n) is 1.20. The van der Waals surface area contributed by atoms with E-state index in [0.717, 1.165) is 6.07 Å². The van der Waals surface area contributed by atoms with E-state index < -0.39 is 5.82 Å². The van der Waals surface area contributed by atoms with Crippen LogP contribution in [0.3, 0.4) is 0 Å². The molecule has 1 rings (SSSR count). The number of ether oxygens (including phenoxy) is 1. The topological polar surface area (TPSA) is 26.3 Å². The molecular weight excluding hydrogens is 183 g/mol. The molecule has 0 saturated heterocycles. The van der Waals surface area contributed by atoms with Crippen molar-refractivity contribution in [2.75, 3.05) is 6.61 Å². The molecule has 1 aromatic rings. The molecule has 64 valence electrons. The van der Waals surface area contributed by atoms with Crippen LogP contribution in [0, 0.1) is 5.82 Å². The molecule has 0 aliphatic rings. The van der Waals surface area contributed by atoms with Crippen molar-refractivity contribution in [1.29, 1.82) is 0 Å². The fourth-order valence-corrected chi connectivity index (χ4v) is 0.938. The minimum Gasteiger partial charge on any atom is -0.485 e. The zero-order chi connectivity index (χ0) is 8.97. The van der Waals surface area contributed by atoms with Crippen LogP contribution in [0.2, 0.25) is 5.02 Å². The Kier molecular flexibility index (Phi) is 3.05. The van der Waals surface area contributed by atoms with Gasteiger partial charge in [0.1, 0.15) is 18.2 Å². The van der Waals surface area contributed by atoms with Gasteiger partial charge < -0.3 is 4.74 Å². The van der Waals surface area contributed by atoms with Gasteiger partial charge >= 0.3 is 0 Å². The molecule has 0 radical (unpaired) electrons. The lowest BCUT2D eigenvalue weighted by molar-refractivity contribution is -0.109. The van der Waals surface area contributed by atoms with Crippen LogP contribution in [0.15, 0.2) is 18.2 Å². The maximum atomic E-state index is 12.5. The summed E-state index contributed by atoms with van der Waals surface area (Å²) in [6.07, 6.45) is 0.597. The first-order valence-corrected chi connectivity index (χ1v) is 3.63. The molecule has 0 N–H and O–H groups in total. The second kappa shape index (κ2) is 4.07. The number of carbonyl (C=O) groups excluding carboxylic acids is 1. The molecule has 0 aliphatic carbocycles. The van der Waals surface area contributed by atoms with Gasteiger partial charge in [-0.05, 0) is 18.2 Å². The molecule has 2 nitrogen and oxygen atoms in total. The number of rotatable bonds is 3. The summed E-state index contributed by atoms with van der Waals surface area (Å²) in [5.74, 6) is -0.122. The van der Waals surface area contributed by atoms with E-state index in [1.807, 2.05) is 0 Å². The van der Waals surface area contributed by atoms with Gasteiger partial charge in [0.2, 0.25) is 0 Å². The van der Waals surface area contributed by atoms with Crippen molar-refractivity contribution in [3.63, 3.8) is 0 Å². The summed E-state index contributed by atoms with van der Waals surface area (Å²) in [5.41, 5.74) is 0. The highest BCUT2D eigenvalue weighted by atomic mass is 35.5. The summed E-state index contributed by atoms with van der Waals surface area (Å²) in [6.45, 7) is -0.0780. The predicted octanol–water partition coefficient (Wildman–Crippen LogP) is 2.06. The van der Waals surface area contributed by atoms with Crippen molar-refractivity contribution < 1.29 is 13.9 Å². The van der Waals surface area contributed by atoms with Gasteiger partial charge in [-0.1, -0.05) is 11.6 Å². The van der Waals surface area contributed by atoms with Crippen molar-refractivity contribution in [1.82, 2.24) is 0 Å². The summed E-state index contributed by atoms with van der Waals surface area (Å²) < 4.78 is 17.3. The number of hydrogen-bond acceptors (Lipinski definition) is 2. The van der Waals surface area contributed by atoms with Gasteiger partial charge in [0.25, 0.3) is 0 Å². The third kappa shape index (κ3) is 2.20. The van der Waals surface area contributed by atoms with E-state index in [9.17, 15) is 9.18 Å². The Morgan fingerprint density at radius 1 is 1.58 bits per heavy atom. The second-order valence-corrected chi connectivity index (χ2v) is 2.46. The van der Waals surface area contributed by atoms with E-state index >= 15 is 0 Å². The Labute approximate surface area is 73.9 Å². The smallest absolute Gasteiger partial charge is 0.157 e. The van der Waals surface area contributed by atoms with Gasteiger partial charge in [-0.25, -0.2) is 4.39 Å². The maximum absolute atomic E-state index is 12.5. The second-order valence-electron chi connectivity index (χ2n) is 2.05. The lowest BCUT2D eigenvalue weighted by atomic mass is 10.3. The van der Waals surface area contributed by atoms with Crippen LogP contribution in [0.5, 0.6) is 5.75 Å². The molecule has 0 aromatic heterocycles. The number of benzene rings is 1. The zero-order valence-corrected chi connectivity index (χ0v) is 6.84. The van der Waals surface area contributed by atoms with Crippen molar-refractivity contribution in [2.24, 2.45) is 0 Å². The molecule has 4 heteroatoms. The Balaban J connectivity index is 2.78. The fraction of sp³-hybridized carbons (Fsp3) is 0.125. The molecule has 0 heterocycles. The fourth-order valence-electron chi connectivity index (χ4n) is 0.716. The van der Waals surface area contributed by atoms with E-state index in [4.69, 9.17) is 16.3 Å². The zero-order valence-electron chi connectivity index (χ0n) is 6.09. The summed E-state index contributed by atoms with van der Waals surface area (Å²) in [5, 5.41) is 0.164. The van der Waals surface area contributed by atoms with Crippen LogP contribution in [0.1, 0.15) is 0 Å². The largest absolute Gasteiger partial charge is 0.485 e. The Hall–Kier alpha value is -1.09. The molecule has 0 spiro atoms. The summed E-state index contributed by atoms with van der Waals surface area (Å²) in [7, 11) is 0. The Bertz CT molecular complexity index is 288. The first-order chi connectivity index (χ1) is 5.74. The monoisotopic (exact) mass is 188 g/mol. The normalized spacial score (nSPS) is 9.50. The van der Waals surface area contributed by atoms with Crippen LogP contribution in [0.4, 0.5) is 4.39 Å². The lowest BCUT2D eigenvalue weighted by Crippen LogP contribution is -1.98. The molecule has 0 aliphatic heterocycles. The first kappa shape index (κ1) is 9.00. The third-order valence-corrected chi connectivity index (χ3v) is 1.50. The van der Waals surface area contributed by atoms with Gasteiger partial charge in [-0.2, -0.15) is 0 Å². The van der Waals surface area contributed by atoms with Gasteiger partial charge in [-0.15, -0.1) is 0 Å². The van der Waals surface area contributed by atoms with E-state index in [0.29, 0.717) is 12.0 Å². The number of halogens is 2. The summed E-state index contributed by atoms with van der Waals surface area (Å²) >= 11 is 5.58. The number of aldehydes is 1. The lowest BCUT2D eigenvalue weighted by Gasteiger charge is -2.03. The highest BCUT2D eigenvalue weighted by molar-refractivity contribution is 6.32. The molecule has 0 bridgehead atoms. The average Bonchev–Trinajstić information content (AvgIpc) is 2.03. The van der Waals surface area contributed by atoms with Gasteiger partial charge in [0.15, 0.2) is 6.29 Å². The van der Waals surface area contributed by atoms with E-state index in [2.05, 4.69) is 0 Å². The predicted molar refractivity (Wildman–Crippen MR) is 43.0 cm³/mol. The standard InChI is InChI=1S/C8H6ClFO2/c9-7-5-6(10)1-2-8(7)12-4-3-11/h1-3,5H,4H2. The summed E-state index contributed by atoms with van der Waals surface area (Å²) in [6, 6.07) is 3.72. The van der Waals surface area contributed by atoms with Crippen molar-refractivity contribution >= 4 is 17.9 Å². The quantitative estimate of drug-likeness (QED) is 0.679. The Morgan fingerprint density at radius 3 is 2.92 bits per heavy atom. The molecule has 1 aromatic carbocycles. The number of carbonyl (C=O) groups is 1. The van der Waals surface area contributed by atoms with Crippen LogP contribution < -0.4 is 4.74 Å². The highest BCUT2D eigenvalue weighted by Crippen LogP contribution is 2.24. The SMILES string of the molecule is O=CCOc1ccc(F)cc1Cl. The molecule has 0 saturated carbocycles. The molecule has 0 atom stereocenters. The highest BCUT2D eigenvalue weighted by Gasteiger charge is 2.01. The van der Waals surface area contributed by atoms with Gasteiger partial charge in [0, 0.05) is 0 Å². The minimum absolute atomic E-state index is 0.0780. The van der Waals surface area contributed by atoms with Crippen LogP contribution >= 0.6 is 11.6 Å². The van der Waals surface area contributed by atoms with E-state index in [-0.39, 0.29) is 11.6 Å². The first-order valence-electron chi connectivity index (χ1n) is 3.25.